The highest BCUT2D eigenvalue weighted by Gasteiger charge is 2.41. The van der Waals surface area contributed by atoms with Crippen LogP contribution in [0.5, 0.6) is 0 Å². The molecule has 5 nitrogen and oxygen atoms in total. The minimum atomic E-state index is -0.469. The third-order valence-electron chi connectivity index (χ3n) is 5.23. The van der Waals surface area contributed by atoms with Crippen molar-refractivity contribution >= 4 is 6.03 Å². The standard InChI is InChI=1S/C18H23FN2O3/c19-15-5-3-14(4-6-15)16(13-1-2-13)20-17(22)21-9-7-18(8-10-21)23-11-12-24-18/h3-6,13,16H,1-2,7-12H2,(H,20,22). The summed E-state index contributed by atoms with van der Waals surface area (Å²) in [5.74, 6) is -0.265. The van der Waals surface area contributed by atoms with Gasteiger partial charge in [-0.15, -0.1) is 0 Å². The predicted molar refractivity (Wildman–Crippen MR) is 85.8 cm³/mol. The Bertz CT molecular complexity index is 587. The van der Waals surface area contributed by atoms with Crippen LogP contribution < -0.4 is 5.32 Å². The van der Waals surface area contributed by atoms with Crippen LogP contribution >= 0.6 is 0 Å². The molecule has 3 fully saturated rings. The van der Waals surface area contributed by atoms with Gasteiger partial charge in [-0.3, -0.25) is 0 Å². The molecule has 0 aromatic heterocycles. The number of halogens is 1. The SMILES string of the molecule is O=C(NC(c1ccc(F)cc1)C1CC1)N1CCC2(CC1)OCCO2. The molecular weight excluding hydrogens is 311 g/mol. The van der Waals surface area contributed by atoms with Crippen molar-refractivity contribution in [1.82, 2.24) is 10.2 Å². The fourth-order valence-electron chi connectivity index (χ4n) is 3.63. The van der Waals surface area contributed by atoms with Crippen molar-refractivity contribution in [3.8, 4) is 0 Å². The summed E-state index contributed by atoms with van der Waals surface area (Å²) in [5.41, 5.74) is 0.975. The summed E-state index contributed by atoms with van der Waals surface area (Å²) in [6.07, 6.45) is 3.64. The van der Waals surface area contributed by atoms with E-state index in [0.717, 1.165) is 18.4 Å². The Labute approximate surface area is 141 Å². The number of carbonyl (C=O) groups excluding carboxylic acids is 1. The molecule has 2 heterocycles. The minimum absolute atomic E-state index is 0.0343. The summed E-state index contributed by atoms with van der Waals surface area (Å²) < 4.78 is 24.6. The van der Waals surface area contributed by atoms with Gasteiger partial charge in [0.15, 0.2) is 5.79 Å². The number of likely N-dealkylation sites (tertiary alicyclic amines) is 1. The molecule has 1 spiro atoms. The highest BCUT2D eigenvalue weighted by molar-refractivity contribution is 5.75. The Hall–Kier alpha value is -1.66. The van der Waals surface area contributed by atoms with Gasteiger partial charge in [0.2, 0.25) is 0 Å². The number of ether oxygens (including phenoxy) is 2. The molecule has 1 N–H and O–H groups in total. The molecule has 0 radical (unpaired) electrons. The smallest absolute Gasteiger partial charge is 0.317 e. The Morgan fingerprint density at radius 2 is 1.79 bits per heavy atom. The molecule has 0 bridgehead atoms. The van der Waals surface area contributed by atoms with E-state index in [-0.39, 0.29) is 17.9 Å². The Kier molecular flexibility index (Phi) is 4.18. The van der Waals surface area contributed by atoms with Crippen LogP contribution in [-0.4, -0.2) is 43.0 Å². The summed E-state index contributed by atoms with van der Waals surface area (Å²) >= 11 is 0. The molecule has 3 aliphatic rings. The van der Waals surface area contributed by atoms with Gasteiger partial charge in [0.1, 0.15) is 5.82 Å². The van der Waals surface area contributed by atoms with Crippen molar-refractivity contribution in [3.05, 3.63) is 35.6 Å². The molecule has 24 heavy (non-hydrogen) atoms. The fourth-order valence-corrected chi connectivity index (χ4v) is 3.63. The van der Waals surface area contributed by atoms with Crippen molar-refractivity contribution in [2.45, 2.75) is 37.5 Å². The molecule has 2 amide bonds. The molecular formula is C18H23FN2O3. The molecule has 4 rings (SSSR count). The lowest BCUT2D eigenvalue weighted by molar-refractivity contribution is -0.181. The number of hydrogen-bond acceptors (Lipinski definition) is 3. The summed E-state index contributed by atoms with van der Waals surface area (Å²) in [7, 11) is 0. The molecule has 1 unspecified atom stereocenters. The number of carbonyl (C=O) groups is 1. The maximum Gasteiger partial charge on any atom is 0.317 e. The van der Waals surface area contributed by atoms with E-state index in [1.807, 2.05) is 4.90 Å². The maximum absolute atomic E-state index is 13.1. The van der Waals surface area contributed by atoms with Gasteiger partial charge in [-0.2, -0.15) is 0 Å². The van der Waals surface area contributed by atoms with Gasteiger partial charge >= 0.3 is 6.03 Å². The van der Waals surface area contributed by atoms with Gasteiger partial charge in [-0.1, -0.05) is 12.1 Å². The summed E-state index contributed by atoms with van der Waals surface area (Å²) in [6, 6.07) is 6.36. The first-order chi connectivity index (χ1) is 11.7. The van der Waals surface area contributed by atoms with Crippen molar-refractivity contribution < 1.29 is 18.7 Å². The van der Waals surface area contributed by atoms with Crippen LogP contribution in [0.15, 0.2) is 24.3 Å². The lowest BCUT2D eigenvalue weighted by Gasteiger charge is -2.38. The van der Waals surface area contributed by atoms with Crippen LogP contribution in [0, 0.1) is 11.7 Å². The largest absolute Gasteiger partial charge is 0.347 e. The maximum atomic E-state index is 13.1. The van der Waals surface area contributed by atoms with Crippen LogP contribution in [0.25, 0.3) is 0 Å². The zero-order chi connectivity index (χ0) is 16.6. The van der Waals surface area contributed by atoms with E-state index < -0.39 is 5.79 Å². The number of rotatable bonds is 3. The Balaban J connectivity index is 1.38. The molecule has 1 aliphatic carbocycles. The van der Waals surface area contributed by atoms with E-state index in [2.05, 4.69) is 5.32 Å². The summed E-state index contributed by atoms with van der Waals surface area (Å²) in [4.78, 5) is 14.5. The first kappa shape index (κ1) is 15.8. The van der Waals surface area contributed by atoms with Crippen LogP contribution in [0.2, 0.25) is 0 Å². The number of nitrogens with zero attached hydrogens (tertiary/aromatic N) is 1. The first-order valence-electron chi connectivity index (χ1n) is 8.74. The van der Waals surface area contributed by atoms with E-state index >= 15 is 0 Å². The lowest BCUT2D eigenvalue weighted by Crippen LogP contribution is -2.51. The van der Waals surface area contributed by atoms with E-state index in [0.29, 0.717) is 45.1 Å². The van der Waals surface area contributed by atoms with Crippen LogP contribution in [0.3, 0.4) is 0 Å². The number of urea groups is 1. The second-order valence-corrected chi connectivity index (χ2v) is 6.91. The van der Waals surface area contributed by atoms with Crippen LogP contribution in [0.1, 0.15) is 37.3 Å². The number of hydrogen-bond donors (Lipinski definition) is 1. The molecule has 1 aromatic carbocycles. The fraction of sp³-hybridized carbons (Fsp3) is 0.611. The summed E-state index contributed by atoms with van der Waals surface area (Å²) in [5, 5.41) is 3.15. The normalized spacial score (nSPS) is 24.1. The third-order valence-corrected chi connectivity index (χ3v) is 5.23. The van der Waals surface area contributed by atoms with E-state index in [1.54, 1.807) is 12.1 Å². The third kappa shape index (κ3) is 3.26. The second-order valence-electron chi connectivity index (χ2n) is 6.91. The number of amides is 2. The lowest BCUT2D eigenvalue weighted by atomic mass is 10.0. The van der Waals surface area contributed by atoms with Crippen molar-refractivity contribution in [2.75, 3.05) is 26.3 Å². The molecule has 6 heteroatoms. The Morgan fingerprint density at radius 3 is 2.38 bits per heavy atom. The highest BCUT2D eigenvalue weighted by Crippen LogP contribution is 2.41. The molecule has 130 valence electrons. The van der Waals surface area contributed by atoms with E-state index in [9.17, 15) is 9.18 Å². The molecule has 2 saturated heterocycles. The van der Waals surface area contributed by atoms with Gasteiger partial charge < -0.3 is 19.7 Å². The summed E-state index contributed by atoms with van der Waals surface area (Å²) in [6.45, 7) is 2.54. The minimum Gasteiger partial charge on any atom is -0.347 e. The molecule has 1 aromatic rings. The zero-order valence-electron chi connectivity index (χ0n) is 13.7. The molecule has 2 aliphatic heterocycles. The predicted octanol–water partition coefficient (Wildman–Crippen LogP) is 2.83. The average Bonchev–Trinajstić information content (AvgIpc) is 3.35. The van der Waals surface area contributed by atoms with Gasteiger partial charge in [-0.25, -0.2) is 9.18 Å². The number of benzene rings is 1. The topological polar surface area (TPSA) is 50.8 Å². The number of piperidine rings is 1. The number of nitrogens with one attached hydrogen (secondary N) is 1. The second kappa shape index (κ2) is 6.33. The highest BCUT2D eigenvalue weighted by atomic mass is 19.1. The van der Waals surface area contributed by atoms with Gasteiger partial charge in [0, 0.05) is 25.9 Å². The molecule has 1 atom stereocenters. The van der Waals surface area contributed by atoms with Crippen molar-refractivity contribution in [1.29, 1.82) is 0 Å². The average molecular weight is 334 g/mol. The van der Waals surface area contributed by atoms with Gasteiger partial charge in [0.25, 0.3) is 0 Å². The Morgan fingerprint density at radius 1 is 1.17 bits per heavy atom. The van der Waals surface area contributed by atoms with Crippen molar-refractivity contribution in [3.63, 3.8) is 0 Å². The first-order valence-corrected chi connectivity index (χ1v) is 8.74. The zero-order valence-corrected chi connectivity index (χ0v) is 13.7. The van der Waals surface area contributed by atoms with E-state index in [4.69, 9.17) is 9.47 Å². The molecule has 1 saturated carbocycles. The van der Waals surface area contributed by atoms with Gasteiger partial charge in [-0.05, 0) is 36.5 Å². The van der Waals surface area contributed by atoms with E-state index in [1.165, 1.54) is 12.1 Å². The van der Waals surface area contributed by atoms with Crippen LogP contribution in [0.4, 0.5) is 9.18 Å². The monoisotopic (exact) mass is 334 g/mol. The van der Waals surface area contributed by atoms with Gasteiger partial charge in [0.05, 0.1) is 19.3 Å². The van der Waals surface area contributed by atoms with Crippen molar-refractivity contribution in [2.24, 2.45) is 5.92 Å². The quantitative estimate of drug-likeness (QED) is 0.925. The van der Waals surface area contributed by atoms with Crippen LogP contribution in [-0.2, 0) is 9.47 Å².